The molecular weight excluding hydrogens is 220 g/mol. The van der Waals surface area contributed by atoms with E-state index in [2.05, 4.69) is 28.7 Å². The average Bonchev–Trinajstić information content (AvgIpc) is 2.57. The predicted octanol–water partition coefficient (Wildman–Crippen LogP) is 1.35. The molecule has 1 aromatic heterocycles. The number of hydrogen-bond acceptors (Lipinski definition) is 4. The van der Waals surface area contributed by atoms with Gasteiger partial charge in [-0.25, -0.2) is 9.97 Å². The summed E-state index contributed by atoms with van der Waals surface area (Å²) in [6.45, 7) is 5.43. The molecule has 0 amide bonds. The maximum atomic E-state index is 5.66. The van der Waals surface area contributed by atoms with Gasteiger partial charge in [0.25, 0.3) is 0 Å². The summed E-state index contributed by atoms with van der Waals surface area (Å²) in [5.74, 6) is 1.50. The van der Waals surface area contributed by atoms with Gasteiger partial charge in [-0.3, -0.25) is 0 Å². The Kier molecular flexibility index (Phi) is 3.05. The van der Waals surface area contributed by atoms with Gasteiger partial charge in [0.15, 0.2) is 5.82 Å². The lowest BCUT2D eigenvalue weighted by Gasteiger charge is -2.23. The molecule has 1 aliphatic heterocycles. The van der Waals surface area contributed by atoms with Crippen molar-refractivity contribution in [2.45, 2.75) is 26.3 Å². The van der Waals surface area contributed by atoms with Gasteiger partial charge in [-0.1, -0.05) is 19.1 Å². The summed E-state index contributed by atoms with van der Waals surface area (Å²) in [7, 11) is 0. The Hall–Kier alpha value is -1.23. The molecule has 0 saturated carbocycles. The minimum atomic E-state index is 0.315. The van der Waals surface area contributed by atoms with E-state index in [1.807, 2.05) is 0 Å². The van der Waals surface area contributed by atoms with E-state index in [0.717, 1.165) is 12.4 Å². The van der Waals surface area contributed by atoms with Gasteiger partial charge in [-0.05, 0) is 19.3 Å². The standard InChI is InChI=1S/C11H16N4S/c1-7-5-8(2)15(6-7)11-9(10(12)16)13-3-4-14-11/h3-4,7-8H,5-6H2,1-2H3,(H2,12,16). The first-order valence-corrected chi connectivity index (χ1v) is 5.88. The molecule has 1 saturated heterocycles. The zero-order valence-corrected chi connectivity index (χ0v) is 10.4. The summed E-state index contributed by atoms with van der Waals surface area (Å²) in [6, 6.07) is 0.472. The van der Waals surface area contributed by atoms with Crippen molar-refractivity contribution in [1.82, 2.24) is 9.97 Å². The summed E-state index contributed by atoms with van der Waals surface area (Å²) in [5.41, 5.74) is 6.30. The summed E-state index contributed by atoms with van der Waals surface area (Å²) in [6.07, 6.45) is 4.49. The quantitative estimate of drug-likeness (QED) is 0.785. The Morgan fingerprint density at radius 1 is 1.44 bits per heavy atom. The van der Waals surface area contributed by atoms with Crippen LogP contribution in [0.5, 0.6) is 0 Å². The Morgan fingerprint density at radius 3 is 2.69 bits per heavy atom. The third-order valence-electron chi connectivity index (χ3n) is 2.97. The first-order chi connectivity index (χ1) is 7.59. The molecule has 2 heterocycles. The second-order valence-corrected chi connectivity index (χ2v) is 4.87. The molecule has 0 aromatic carbocycles. The monoisotopic (exact) mass is 236 g/mol. The van der Waals surface area contributed by atoms with Gasteiger partial charge in [0.2, 0.25) is 0 Å². The number of aromatic nitrogens is 2. The topological polar surface area (TPSA) is 55.0 Å². The van der Waals surface area contributed by atoms with E-state index in [-0.39, 0.29) is 0 Å². The van der Waals surface area contributed by atoms with Crippen LogP contribution in [-0.2, 0) is 0 Å². The molecule has 1 fully saturated rings. The molecule has 1 aliphatic rings. The van der Waals surface area contributed by atoms with E-state index < -0.39 is 0 Å². The molecule has 4 nitrogen and oxygen atoms in total. The number of nitrogens with zero attached hydrogens (tertiary/aromatic N) is 3. The molecule has 86 valence electrons. The molecule has 2 unspecified atom stereocenters. The van der Waals surface area contributed by atoms with E-state index in [4.69, 9.17) is 18.0 Å². The van der Waals surface area contributed by atoms with Crippen molar-refractivity contribution in [1.29, 1.82) is 0 Å². The maximum absolute atomic E-state index is 5.66. The van der Waals surface area contributed by atoms with Crippen molar-refractivity contribution in [3.05, 3.63) is 18.1 Å². The minimum absolute atomic E-state index is 0.315. The van der Waals surface area contributed by atoms with Crippen LogP contribution < -0.4 is 10.6 Å². The van der Waals surface area contributed by atoms with Gasteiger partial charge in [0, 0.05) is 25.0 Å². The van der Waals surface area contributed by atoms with Crippen LogP contribution in [0.2, 0.25) is 0 Å². The maximum Gasteiger partial charge on any atom is 0.157 e. The minimum Gasteiger partial charge on any atom is -0.388 e. The van der Waals surface area contributed by atoms with E-state index in [0.29, 0.717) is 22.6 Å². The van der Waals surface area contributed by atoms with Gasteiger partial charge in [0.1, 0.15) is 10.7 Å². The molecule has 2 N–H and O–H groups in total. The highest BCUT2D eigenvalue weighted by Crippen LogP contribution is 2.28. The molecule has 0 spiro atoms. The molecular formula is C11H16N4S. The average molecular weight is 236 g/mol. The van der Waals surface area contributed by atoms with Gasteiger partial charge < -0.3 is 10.6 Å². The second kappa shape index (κ2) is 4.33. The van der Waals surface area contributed by atoms with Gasteiger partial charge in [0.05, 0.1) is 0 Å². The Morgan fingerprint density at radius 2 is 2.12 bits per heavy atom. The van der Waals surface area contributed by atoms with Crippen LogP contribution in [0.25, 0.3) is 0 Å². The fourth-order valence-corrected chi connectivity index (χ4v) is 2.45. The van der Waals surface area contributed by atoms with E-state index in [1.165, 1.54) is 6.42 Å². The number of anilines is 1. The van der Waals surface area contributed by atoms with Crippen LogP contribution >= 0.6 is 12.2 Å². The third kappa shape index (κ3) is 2.00. The number of nitrogens with two attached hydrogens (primary N) is 1. The molecule has 0 aliphatic carbocycles. The molecule has 0 radical (unpaired) electrons. The number of hydrogen-bond donors (Lipinski definition) is 1. The lowest BCUT2D eigenvalue weighted by Crippen LogP contribution is -2.30. The van der Waals surface area contributed by atoms with Crippen molar-refractivity contribution in [2.24, 2.45) is 11.7 Å². The summed E-state index contributed by atoms with van der Waals surface area (Å²) < 4.78 is 0. The first-order valence-electron chi connectivity index (χ1n) is 5.47. The normalized spacial score (nSPS) is 24.8. The Labute approximate surface area is 101 Å². The smallest absolute Gasteiger partial charge is 0.157 e. The van der Waals surface area contributed by atoms with Crippen molar-refractivity contribution < 1.29 is 0 Å². The van der Waals surface area contributed by atoms with Crippen LogP contribution in [0.15, 0.2) is 12.4 Å². The number of rotatable bonds is 2. The highest BCUT2D eigenvalue weighted by atomic mass is 32.1. The Bertz CT molecular complexity index is 407. The molecule has 0 bridgehead atoms. The van der Waals surface area contributed by atoms with Crippen LogP contribution in [0, 0.1) is 5.92 Å². The van der Waals surface area contributed by atoms with Crippen molar-refractivity contribution >= 4 is 23.0 Å². The zero-order chi connectivity index (χ0) is 11.7. The summed E-state index contributed by atoms with van der Waals surface area (Å²) >= 11 is 5.00. The fraction of sp³-hybridized carbons (Fsp3) is 0.545. The van der Waals surface area contributed by atoms with Gasteiger partial charge >= 0.3 is 0 Å². The first kappa shape index (κ1) is 11.3. The van der Waals surface area contributed by atoms with Crippen LogP contribution in [0.3, 0.4) is 0 Å². The van der Waals surface area contributed by atoms with Crippen LogP contribution in [0.1, 0.15) is 26.0 Å². The lowest BCUT2D eigenvalue weighted by molar-refractivity contribution is 0.625. The molecule has 5 heteroatoms. The molecule has 16 heavy (non-hydrogen) atoms. The fourth-order valence-electron chi connectivity index (χ4n) is 2.31. The lowest BCUT2D eigenvalue weighted by atomic mass is 10.1. The second-order valence-electron chi connectivity index (χ2n) is 4.44. The van der Waals surface area contributed by atoms with Crippen LogP contribution in [0.4, 0.5) is 5.82 Å². The highest BCUT2D eigenvalue weighted by Gasteiger charge is 2.29. The van der Waals surface area contributed by atoms with E-state index in [1.54, 1.807) is 12.4 Å². The van der Waals surface area contributed by atoms with Crippen molar-refractivity contribution in [2.75, 3.05) is 11.4 Å². The third-order valence-corrected chi connectivity index (χ3v) is 3.16. The van der Waals surface area contributed by atoms with E-state index in [9.17, 15) is 0 Å². The largest absolute Gasteiger partial charge is 0.388 e. The summed E-state index contributed by atoms with van der Waals surface area (Å²) in [4.78, 5) is 11.1. The van der Waals surface area contributed by atoms with Gasteiger partial charge in [-0.2, -0.15) is 0 Å². The highest BCUT2D eigenvalue weighted by molar-refractivity contribution is 7.80. The Balaban J connectivity index is 2.36. The zero-order valence-electron chi connectivity index (χ0n) is 9.55. The molecule has 1 aromatic rings. The summed E-state index contributed by atoms with van der Waals surface area (Å²) in [5, 5.41) is 0. The van der Waals surface area contributed by atoms with Gasteiger partial charge in [-0.15, -0.1) is 0 Å². The van der Waals surface area contributed by atoms with Crippen LogP contribution in [-0.4, -0.2) is 27.5 Å². The predicted molar refractivity (Wildman–Crippen MR) is 68.5 cm³/mol. The molecule has 2 rings (SSSR count). The van der Waals surface area contributed by atoms with Crippen molar-refractivity contribution in [3.63, 3.8) is 0 Å². The van der Waals surface area contributed by atoms with E-state index >= 15 is 0 Å². The SMILES string of the molecule is CC1CC(C)N(c2nccnc2C(N)=S)C1. The molecule has 2 atom stereocenters. The number of thiocarbonyl (C=S) groups is 1. The van der Waals surface area contributed by atoms with Crippen molar-refractivity contribution in [3.8, 4) is 0 Å².